The Morgan fingerprint density at radius 3 is 1.92 bits per heavy atom. The molecule has 0 heterocycles. The Labute approximate surface area is 156 Å². The van der Waals surface area contributed by atoms with E-state index in [1.165, 1.54) is 0 Å². The third-order valence-electron chi connectivity index (χ3n) is 4.16. The first-order valence-corrected chi connectivity index (χ1v) is 9.32. The zero-order valence-electron chi connectivity index (χ0n) is 14.1. The Bertz CT molecular complexity index is 814. The quantitative estimate of drug-likeness (QED) is 0.426. The van der Waals surface area contributed by atoms with Crippen molar-refractivity contribution in [1.29, 1.82) is 0 Å². The van der Waals surface area contributed by atoms with Crippen LogP contribution < -0.4 is 0 Å². The minimum Gasteiger partial charge on any atom is -0.169 e. The lowest BCUT2D eigenvalue weighted by Crippen LogP contribution is -2.19. The van der Waals surface area contributed by atoms with Crippen molar-refractivity contribution < 1.29 is 13.2 Å². The lowest BCUT2D eigenvalue weighted by atomic mass is 9.97. The van der Waals surface area contributed by atoms with Crippen LogP contribution in [0.15, 0.2) is 89.8 Å². The van der Waals surface area contributed by atoms with E-state index in [1.54, 1.807) is 42.5 Å². The van der Waals surface area contributed by atoms with E-state index in [1.807, 2.05) is 42.5 Å². The van der Waals surface area contributed by atoms with E-state index >= 15 is 0 Å². The first-order valence-electron chi connectivity index (χ1n) is 8.44. The van der Waals surface area contributed by atoms with Gasteiger partial charge in [-0.2, -0.15) is 13.2 Å². The van der Waals surface area contributed by atoms with Crippen LogP contribution >= 0.6 is 11.8 Å². The smallest absolute Gasteiger partial charge is 0.169 e. The third-order valence-corrected chi connectivity index (χ3v) is 5.46. The number of aryl methyl sites for hydroxylation is 2. The molecule has 26 heavy (non-hydrogen) atoms. The molecule has 134 valence electrons. The molecule has 0 nitrogen and oxygen atoms in total. The molecule has 0 spiro atoms. The summed E-state index contributed by atoms with van der Waals surface area (Å²) >= 11 is 0.860. The van der Waals surface area contributed by atoms with Gasteiger partial charge in [-0.1, -0.05) is 72.8 Å². The van der Waals surface area contributed by atoms with Crippen molar-refractivity contribution in [2.24, 2.45) is 0 Å². The SMILES string of the molecule is FC(F)(F)C(Sc1ccccc1)c1ccccc1CCc1ccccc1. The Morgan fingerprint density at radius 1 is 0.692 bits per heavy atom. The number of hydrogen-bond donors (Lipinski definition) is 0. The first kappa shape index (κ1) is 18.6. The molecule has 3 aromatic carbocycles. The molecule has 1 atom stereocenters. The lowest BCUT2D eigenvalue weighted by molar-refractivity contribution is -0.129. The van der Waals surface area contributed by atoms with Crippen molar-refractivity contribution in [3.05, 3.63) is 102 Å². The summed E-state index contributed by atoms with van der Waals surface area (Å²) in [6, 6.07) is 25.5. The van der Waals surface area contributed by atoms with Gasteiger partial charge in [0.05, 0.1) is 0 Å². The van der Waals surface area contributed by atoms with Crippen LogP contribution in [0.3, 0.4) is 0 Å². The maximum Gasteiger partial charge on any atom is 0.404 e. The van der Waals surface area contributed by atoms with Crippen LogP contribution in [0, 0.1) is 0 Å². The maximum atomic E-state index is 13.8. The summed E-state index contributed by atoms with van der Waals surface area (Å²) < 4.78 is 41.4. The zero-order chi connectivity index (χ0) is 18.4. The van der Waals surface area contributed by atoms with Gasteiger partial charge in [0.1, 0.15) is 5.25 Å². The Kier molecular flexibility index (Phi) is 6.04. The van der Waals surface area contributed by atoms with Crippen molar-refractivity contribution in [2.45, 2.75) is 29.2 Å². The molecule has 4 heteroatoms. The molecule has 0 N–H and O–H groups in total. The average Bonchev–Trinajstić information content (AvgIpc) is 2.66. The second-order valence-electron chi connectivity index (χ2n) is 6.04. The van der Waals surface area contributed by atoms with Crippen LogP contribution in [0.4, 0.5) is 13.2 Å². The molecular weight excluding hydrogens is 353 g/mol. The topological polar surface area (TPSA) is 0 Å². The van der Waals surface area contributed by atoms with E-state index < -0.39 is 11.4 Å². The molecule has 0 radical (unpaired) electrons. The summed E-state index contributed by atoms with van der Waals surface area (Å²) in [6.07, 6.45) is -3.01. The summed E-state index contributed by atoms with van der Waals surface area (Å²) in [7, 11) is 0. The van der Waals surface area contributed by atoms with Crippen LogP contribution in [-0.4, -0.2) is 6.18 Å². The maximum absolute atomic E-state index is 13.8. The van der Waals surface area contributed by atoms with Gasteiger partial charge in [0.2, 0.25) is 0 Å². The van der Waals surface area contributed by atoms with Crippen molar-refractivity contribution in [3.8, 4) is 0 Å². The minimum atomic E-state index is -4.32. The van der Waals surface area contributed by atoms with Gasteiger partial charge >= 0.3 is 6.18 Å². The van der Waals surface area contributed by atoms with Crippen molar-refractivity contribution >= 4 is 11.8 Å². The van der Waals surface area contributed by atoms with E-state index in [0.717, 1.165) is 29.3 Å². The summed E-state index contributed by atoms with van der Waals surface area (Å²) in [5.74, 6) is 0. The fourth-order valence-corrected chi connectivity index (χ4v) is 3.96. The van der Waals surface area contributed by atoms with E-state index in [4.69, 9.17) is 0 Å². The van der Waals surface area contributed by atoms with Gasteiger partial charge in [0.25, 0.3) is 0 Å². The molecule has 0 aliphatic heterocycles. The highest BCUT2D eigenvalue weighted by Gasteiger charge is 2.42. The normalized spacial score (nSPS) is 12.7. The molecule has 0 aliphatic rings. The summed E-state index contributed by atoms with van der Waals surface area (Å²) in [4.78, 5) is 0.618. The van der Waals surface area contributed by atoms with Crippen molar-refractivity contribution in [3.63, 3.8) is 0 Å². The van der Waals surface area contributed by atoms with Crippen LogP contribution in [0.2, 0.25) is 0 Å². The molecular formula is C22H19F3S. The standard InChI is InChI=1S/C22H19F3S/c23-22(24,25)21(26-19-12-5-2-6-13-19)20-14-8-7-11-18(20)16-15-17-9-3-1-4-10-17/h1-14,21H,15-16H2. The number of benzene rings is 3. The lowest BCUT2D eigenvalue weighted by Gasteiger charge is -2.23. The van der Waals surface area contributed by atoms with E-state index in [0.29, 0.717) is 16.9 Å². The summed E-state index contributed by atoms with van der Waals surface area (Å²) in [5.41, 5.74) is 2.23. The predicted octanol–water partition coefficient (Wildman–Crippen LogP) is 6.87. The highest BCUT2D eigenvalue weighted by Crippen LogP contribution is 2.47. The largest absolute Gasteiger partial charge is 0.404 e. The first-order chi connectivity index (χ1) is 12.5. The Hall–Kier alpha value is -2.20. The molecule has 0 aliphatic carbocycles. The van der Waals surface area contributed by atoms with Gasteiger partial charge in [-0.3, -0.25) is 0 Å². The molecule has 0 saturated heterocycles. The van der Waals surface area contributed by atoms with Crippen LogP contribution in [0.5, 0.6) is 0 Å². The van der Waals surface area contributed by atoms with Gasteiger partial charge in [-0.05, 0) is 41.7 Å². The van der Waals surface area contributed by atoms with E-state index in [9.17, 15) is 13.2 Å². The van der Waals surface area contributed by atoms with Gasteiger partial charge in [-0.25, -0.2) is 0 Å². The molecule has 0 saturated carbocycles. The Balaban J connectivity index is 1.87. The van der Waals surface area contributed by atoms with Crippen LogP contribution in [0.1, 0.15) is 21.9 Å². The molecule has 0 aromatic heterocycles. The highest BCUT2D eigenvalue weighted by atomic mass is 32.2. The van der Waals surface area contributed by atoms with E-state index in [-0.39, 0.29) is 0 Å². The molecule has 0 fully saturated rings. The molecule has 3 aromatic rings. The average molecular weight is 372 g/mol. The number of alkyl halides is 3. The minimum absolute atomic E-state index is 0.352. The van der Waals surface area contributed by atoms with Gasteiger partial charge in [0, 0.05) is 4.90 Å². The molecule has 3 rings (SSSR count). The third kappa shape index (κ3) is 4.92. The van der Waals surface area contributed by atoms with Crippen LogP contribution in [0.25, 0.3) is 0 Å². The fourth-order valence-electron chi connectivity index (χ4n) is 2.88. The van der Waals surface area contributed by atoms with Gasteiger partial charge < -0.3 is 0 Å². The highest BCUT2D eigenvalue weighted by molar-refractivity contribution is 7.99. The molecule has 1 unspecified atom stereocenters. The second-order valence-corrected chi connectivity index (χ2v) is 7.22. The zero-order valence-corrected chi connectivity index (χ0v) is 14.9. The van der Waals surface area contributed by atoms with Gasteiger partial charge in [0.15, 0.2) is 0 Å². The number of hydrogen-bond acceptors (Lipinski definition) is 1. The Morgan fingerprint density at radius 2 is 1.27 bits per heavy atom. The molecule has 0 amide bonds. The molecule has 0 bridgehead atoms. The van der Waals surface area contributed by atoms with E-state index in [2.05, 4.69) is 0 Å². The number of thioether (sulfide) groups is 1. The number of halogens is 3. The van der Waals surface area contributed by atoms with Gasteiger partial charge in [-0.15, -0.1) is 11.8 Å². The van der Waals surface area contributed by atoms with Crippen LogP contribution in [-0.2, 0) is 12.8 Å². The van der Waals surface area contributed by atoms with Crippen molar-refractivity contribution in [2.75, 3.05) is 0 Å². The second kappa shape index (κ2) is 8.45. The summed E-state index contributed by atoms with van der Waals surface area (Å²) in [5, 5.41) is -1.57. The number of rotatable bonds is 6. The van der Waals surface area contributed by atoms with Crippen molar-refractivity contribution in [1.82, 2.24) is 0 Å². The fraction of sp³-hybridized carbons (Fsp3) is 0.182. The monoisotopic (exact) mass is 372 g/mol. The summed E-state index contributed by atoms with van der Waals surface area (Å²) in [6.45, 7) is 0. The predicted molar refractivity (Wildman–Crippen MR) is 101 cm³/mol.